The van der Waals surface area contributed by atoms with Crippen molar-refractivity contribution in [3.63, 3.8) is 0 Å². The van der Waals surface area contributed by atoms with Gasteiger partial charge < -0.3 is 16.4 Å². The number of nitrogens with two attached hydrogens (primary N) is 1. The van der Waals surface area contributed by atoms with Gasteiger partial charge in [0.1, 0.15) is 0 Å². The number of amides is 1. The van der Waals surface area contributed by atoms with Gasteiger partial charge in [0.25, 0.3) is 0 Å². The maximum atomic E-state index is 11.0. The van der Waals surface area contributed by atoms with Crippen LogP contribution in [0.15, 0.2) is 18.2 Å². The smallest absolute Gasteiger partial charge is 0.248 e. The van der Waals surface area contributed by atoms with Crippen LogP contribution < -0.4 is 16.4 Å². The Balaban J connectivity index is 2.03. The minimum absolute atomic E-state index is 0.117. The topological polar surface area (TPSA) is 67.1 Å². The summed E-state index contributed by atoms with van der Waals surface area (Å²) in [6.07, 6.45) is 1.10. The van der Waals surface area contributed by atoms with Crippen LogP contribution in [0.1, 0.15) is 29.3 Å². The second kappa shape index (κ2) is 5.26. The van der Waals surface area contributed by atoms with Crippen molar-refractivity contribution in [2.45, 2.75) is 25.4 Å². The van der Waals surface area contributed by atoms with Crippen LogP contribution in [-0.2, 0) is 6.54 Å². The van der Waals surface area contributed by atoms with Gasteiger partial charge in [-0.1, -0.05) is 17.7 Å². The Labute approximate surface area is 112 Å². The van der Waals surface area contributed by atoms with Crippen molar-refractivity contribution in [1.29, 1.82) is 0 Å². The SMILES string of the molecule is CC1(NCc2ccc(C(N)=O)cc2Cl)CCNC1. The summed E-state index contributed by atoms with van der Waals surface area (Å²) in [6, 6.07) is 5.18. The predicted octanol–water partition coefficient (Wildman–Crippen LogP) is 1.28. The number of nitrogens with one attached hydrogen (secondary N) is 2. The highest BCUT2D eigenvalue weighted by Crippen LogP contribution is 2.20. The molecule has 1 aliphatic heterocycles. The minimum atomic E-state index is -0.455. The standard InChI is InChI=1S/C13H18ClN3O/c1-13(4-5-16-8-13)17-7-10-3-2-9(12(15)18)6-11(10)14/h2-3,6,16-17H,4-5,7-8H2,1H3,(H2,15,18). The lowest BCUT2D eigenvalue weighted by Crippen LogP contribution is -2.43. The van der Waals surface area contributed by atoms with E-state index in [2.05, 4.69) is 17.6 Å². The number of carbonyl (C=O) groups excluding carboxylic acids is 1. The molecular formula is C13H18ClN3O. The third-order valence-corrected chi connectivity index (χ3v) is 3.76. The van der Waals surface area contributed by atoms with Crippen LogP contribution in [0.2, 0.25) is 5.02 Å². The van der Waals surface area contributed by atoms with Crippen LogP contribution in [0.3, 0.4) is 0 Å². The highest BCUT2D eigenvalue weighted by Gasteiger charge is 2.27. The predicted molar refractivity (Wildman–Crippen MR) is 72.7 cm³/mol. The van der Waals surface area contributed by atoms with Gasteiger partial charge in [0.15, 0.2) is 0 Å². The number of primary amides is 1. The maximum Gasteiger partial charge on any atom is 0.248 e. The van der Waals surface area contributed by atoms with E-state index in [0.29, 0.717) is 17.1 Å². The zero-order valence-electron chi connectivity index (χ0n) is 10.4. The largest absolute Gasteiger partial charge is 0.366 e. The number of hydrogen-bond acceptors (Lipinski definition) is 3. The number of carbonyl (C=O) groups is 1. The van der Waals surface area contributed by atoms with Crippen molar-refractivity contribution in [3.05, 3.63) is 34.3 Å². The molecule has 0 saturated carbocycles. The number of halogens is 1. The highest BCUT2D eigenvalue weighted by molar-refractivity contribution is 6.31. The van der Waals surface area contributed by atoms with Crippen LogP contribution in [0, 0.1) is 0 Å². The number of benzene rings is 1. The lowest BCUT2D eigenvalue weighted by atomic mass is 10.0. The van der Waals surface area contributed by atoms with E-state index < -0.39 is 5.91 Å². The second-order valence-electron chi connectivity index (χ2n) is 5.01. The van der Waals surface area contributed by atoms with E-state index in [1.807, 2.05) is 6.07 Å². The molecule has 1 fully saturated rings. The summed E-state index contributed by atoms with van der Waals surface area (Å²) >= 11 is 6.14. The second-order valence-corrected chi connectivity index (χ2v) is 5.42. The lowest BCUT2D eigenvalue weighted by Gasteiger charge is -2.24. The lowest BCUT2D eigenvalue weighted by molar-refractivity contribution is 0.100. The van der Waals surface area contributed by atoms with E-state index >= 15 is 0 Å². The zero-order chi connectivity index (χ0) is 13.2. The van der Waals surface area contributed by atoms with Crippen molar-refractivity contribution in [2.24, 2.45) is 5.73 Å². The maximum absolute atomic E-state index is 11.0. The summed E-state index contributed by atoms with van der Waals surface area (Å²) in [4.78, 5) is 11.0. The average molecular weight is 268 g/mol. The molecule has 18 heavy (non-hydrogen) atoms. The molecule has 1 aliphatic rings. The molecule has 0 radical (unpaired) electrons. The van der Waals surface area contributed by atoms with Gasteiger partial charge in [-0.15, -0.1) is 0 Å². The van der Waals surface area contributed by atoms with Crippen LogP contribution in [0.4, 0.5) is 0 Å². The Bertz CT molecular complexity index is 456. The molecule has 98 valence electrons. The first kappa shape index (κ1) is 13.3. The van der Waals surface area contributed by atoms with Crippen molar-refractivity contribution in [2.75, 3.05) is 13.1 Å². The first-order valence-electron chi connectivity index (χ1n) is 6.04. The number of hydrogen-bond donors (Lipinski definition) is 3. The number of rotatable bonds is 4. The molecule has 1 saturated heterocycles. The molecule has 2 rings (SSSR count). The van der Waals surface area contributed by atoms with E-state index in [1.165, 1.54) is 0 Å². The third-order valence-electron chi connectivity index (χ3n) is 3.41. The van der Waals surface area contributed by atoms with Crippen LogP contribution in [-0.4, -0.2) is 24.5 Å². The molecule has 1 aromatic rings. The minimum Gasteiger partial charge on any atom is -0.366 e. The van der Waals surface area contributed by atoms with Crippen molar-refractivity contribution >= 4 is 17.5 Å². The monoisotopic (exact) mass is 267 g/mol. The van der Waals surface area contributed by atoms with Gasteiger partial charge in [0.05, 0.1) is 0 Å². The van der Waals surface area contributed by atoms with Gasteiger partial charge >= 0.3 is 0 Å². The van der Waals surface area contributed by atoms with E-state index in [4.69, 9.17) is 17.3 Å². The summed E-state index contributed by atoms with van der Waals surface area (Å²) in [5.74, 6) is -0.455. The molecular weight excluding hydrogens is 250 g/mol. The average Bonchev–Trinajstić information content (AvgIpc) is 2.75. The van der Waals surface area contributed by atoms with E-state index in [-0.39, 0.29) is 5.54 Å². The summed E-state index contributed by atoms with van der Waals surface area (Å²) < 4.78 is 0. The molecule has 0 aromatic heterocycles. The van der Waals surface area contributed by atoms with Crippen molar-refractivity contribution in [1.82, 2.24) is 10.6 Å². The Hall–Kier alpha value is -1.10. The summed E-state index contributed by atoms with van der Waals surface area (Å²) in [5.41, 5.74) is 6.75. The molecule has 1 heterocycles. The van der Waals surface area contributed by atoms with Gasteiger partial charge in [-0.2, -0.15) is 0 Å². The normalized spacial score (nSPS) is 23.2. The molecule has 1 amide bonds. The van der Waals surface area contributed by atoms with Crippen molar-refractivity contribution < 1.29 is 4.79 Å². The van der Waals surface area contributed by atoms with Crippen LogP contribution >= 0.6 is 11.6 Å². The summed E-state index contributed by atoms with van der Waals surface area (Å²) in [6.45, 7) is 4.89. The zero-order valence-corrected chi connectivity index (χ0v) is 11.2. The highest BCUT2D eigenvalue weighted by atomic mass is 35.5. The quantitative estimate of drug-likeness (QED) is 0.770. The van der Waals surface area contributed by atoms with E-state index in [9.17, 15) is 4.79 Å². The van der Waals surface area contributed by atoms with E-state index in [0.717, 1.165) is 25.1 Å². The molecule has 1 aromatic carbocycles. The summed E-state index contributed by atoms with van der Waals surface area (Å²) in [7, 11) is 0. The Morgan fingerprint density at radius 1 is 1.61 bits per heavy atom. The fraction of sp³-hybridized carbons (Fsp3) is 0.462. The van der Waals surface area contributed by atoms with Gasteiger partial charge in [-0.05, 0) is 37.6 Å². The van der Waals surface area contributed by atoms with Gasteiger partial charge in [0.2, 0.25) is 5.91 Å². The fourth-order valence-electron chi connectivity index (χ4n) is 2.12. The molecule has 0 spiro atoms. The van der Waals surface area contributed by atoms with Crippen molar-refractivity contribution in [3.8, 4) is 0 Å². The Morgan fingerprint density at radius 2 is 2.39 bits per heavy atom. The van der Waals surface area contributed by atoms with Gasteiger partial charge in [-0.25, -0.2) is 0 Å². The van der Waals surface area contributed by atoms with E-state index in [1.54, 1.807) is 12.1 Å². The fourth-order valence-corrected chi connectivity index (χ4v) is 2.37. The Kier molecular flexibility index (Phi) is 3.90. The summed E-state index contributed by atoms with van der Waals surface area (Å²) in [5, 5.41) is 7.41. The first-order chi connectivity index (χ1) is 8.50. The molecule has 1 atom stereocenters. The van der Waals surface area contributed by atoms with Crippen LogP contribution in [0.5, 0.6) is 0 Å². The van der Waals surface area contributed by atoms with Crippen LogP contribution in [0.25, 0.3) is 0 Å². The first-order valence-corrected chi connectivity index (χ1v) is 6.42. The molecule has 0 bridgehead atoms. The Morgan fingerprint density at radius 3 is 2.94 bits per heavy atom. The third kappa shape index (κ3) is 3.02. The molecule has 5 heteroatoms. The molecule has 4 N–H and O–H groups in total. The molecule has 0 aliphatic carbocycles. The molecule has 1 unspecified atom stereocenters. The van der Waals surface area contributed by atoms with Gasteiger partial charge in [-0.3, -0.25) is 4.79 Å². The van der Waals surface area contributed by atoms with Gasteiger partial charge in [0, 0.05) is 29.2 Å². The molecule has 4 nitrogen and oxygen atoms in total.